The average molecular weight is 296 g/mol. The molecule has 0 bridgehead atoms. The molecule has 4 heteroatoms. The van der Waals surface area contributed by atoms with Gasteiger partial charge in [-0.3, -0.25) is 0 Å². The molecule has 1 aliphatic rings. The van der Waals surface area contributed by atoms with Gasteiger partial charge in [0.05, 0.1) is 0 Å². The Kier molecular flexibility index (Phi) is 4.56. The largest absolute Gasteiger partial charge is 0.367 e. The fourth-order valence-electron chi connectivity index (χ4n) is 3.00. The summed E-state index contributed by atoms with van der Waals surface area (Å²) < 4.78 is 0. The second kappa shape index (κ2) is 6.77. The standard InChI is InChI=1S/C18H24N4/c1-13-6-5-7-15(10-13)12-19-18-20-14(2)11-17(22-18)21-16-8-3-4-9-16/h5-7,10-11,16H,3-4,8-9,12H2,1-2H3,(H2,19,20,21,22). The summed E-state index contributed by atoms with van der Waals surface area (Å²) >= 11 is 0. The second-order valence-corrected chi connectivity index (χ2v) is 6.19. The van der Waals surface area contributed by atoms with E-state index in [2.05, 4.69) is 51.8 Å². The summed E-state index contributed by atoms with van der Waals surface area (Å²) in [5.41, 5.74) is 3.51. The van der Waals surface area contributed by atoms with Crippen LogP contribution in [0.25, 0.3) is 0 Å². The summed E-state index contributed by atoms with van der Waals surface area (Å²) in [6.07, 6.45) is 5.13. The van der Waals surface area contributed by atoms with E-state index in [4.69, 9.17) is 0 Å². The average Bonchev–Trinajstić information content (AvgIpc) is 2.98. The summed E-state index contributed by atoms with van der Waals surface area (Å²) in [7, 11) is 0. The number of benzene rings is 1. The van der Waals surface area contributed by atoms with E-state index >= 15 is 0 Å². The molecule has 0 atom stereocenters. The number of nitrogens with zero attached hydrogens (tertiary/aromatic N) is 2. The number of nitrogens with one attached hydrogen (secondary N) is 2. The lowest BCUT2D eigenvalue weighted by molar-refractivity contribution is 0.749. The van der Waals surface area contributed by atoms with Crippen molar-refractivity contribution in [3.05, 3.63) is 47.2 Å². The van der Waals surface area contributed by atoms with E-state index in [-0.39, 0.29) is 0 Å². The van der Waals surface area contributed by atoms with Crippen LogP contribution in [0.3, 0.4) is 0 Å². The van der Waals surface area contributed by atoms with E-state index in [0.717, 1.165) is 18.1 Å². The highest BCUT2D eigenvalue weighted by Crippen LogP contribution is 2.22. The lowest BCUT2D eigenvalue weighted by Crippen LogP contribution is -2.16. The van der Waals surface area contributed by atoms with Crippen molar-refractivity contribution in [1.29, 1.82) is 0 Å². The molecule has 0 spiro atoms. The van der Waals surface area contributed by atoms with Crippen LogP contribution in [0, 0.1) is 13.8 Å². The summed E-state index contributed by atoms with van der Waals surface area (Å²) in [4.78, 5) is 9.08. The summed E-state index contributed by atoms with van der Waals surface area (Å²) in [5.74, 6) is 1.63. The molecule has 0 aliphatic heterocycles. The van der Waals surface area contributed by atoms with Gasteiger partial charge in [0.25, 0.3) is 0 Å². The minimum Gasteiger partial charge on any atom is -0.367 e. The Balaban J connectivity index is 1.66. The summed E-state index contributed by atoms with van der Waals surface area (Å²) in [6.45, 7) is 4.86. The molecule has 1 fully saturated rings. The van der Waals surface area contributed by atoms with Gasteiger partial charge in [-0.1, -0.05) is 42.7 Å². The molecule has 2 N–H and O–H groups in total. The first kappa shape index (κ1) is 14.8. The Labute approximate surface area is 132 Å². The van der Waals surface area contributed by atoms with E-state index in [1.165, 1.54) is 36.8 Å². The van der Waals surface area contributed by atoms with Gasteiger partial charge in [-0.05, 0) is 32.3 Å². The van der Waals surface area contributed by atoms with E-state index in [1.807, 2.05) is 13.0 Å². The van der Waals surface area contributed by atoms with Gasteiger partial charge in [-0.25, -0.2) is 4.98 Å². The molecule has 0 unspecified atom stereocenters. The SMILES string of the molecule is Cc1cccc(CNc2nc(C)cc(NC3CCCC3)n2)c1. The van der Waals surface area contributed by atoms with E-state index in [1.54, 1.807) is 0 Å². The van der Waals surface area contributed by atoms with Gasteiger partial charge in [0.2, 0.25) is 5.95 Å². The maximum absolute atomic E-state index is 4.60. The molecule has 3 rings (SSSR count). The highest BCUT2D eigenvalue weighted by Gasteiger charge is 2.15. The zero-order valence-corrected chi connectivity index (χ0v) is 13.4. The Morgan fingerprint density at radius 3 is 2.68 bits per heavy atom. The second-order valence-electron chi connectivity index (χ2n) is 6.19. The van der Waals surface area contributed by atoms with Gasteiger partial charge >= 0.3 is 0 Å². The molecule has 1 aliphatic carbocycles. The summed E-state index contributed by atoms with van der Waals surface area (Å²) in [5, 5.41) is 6.87. The van der Waals surface area contributed by atoms with Gasteiger partial charge < -0.3 is 10.6 Å². The van der Waals surface area contributed by atoms with Crippen LogP contribution in [0.15, 0.2) is 30.3 Å². The van der Waals surface area contributed by atoms with Crippen molar-refractivity contribution in [1.82, 2.24) is 9.97 Å². The highest BCUT2D eigenvalue weighted by molar-refractivity contribution is 5.43. The molecule has 1 saturated carbocycles. The first-order valence-corrected chi connectivity index (χ1v) is 8.11. The first-order chi connectivity index (χ1) is 10.7. The minimum absolute atomic E-state index is 0.568. The smallest absolute Gasteiger partial charge is 0.225 e. The van der Waals surface area contributed by atoms with Crippen molar-refractivity contribution in [2.24, 2.45) is 0 Å². The number of anilines is 2. The molecule has 22 heavy (non-hydrogen) atoms. The third-order valence-electron chi connectivity index (χ3n) is 4.09. The van der Waals surface area contributed by atoms with Crippen LogP contribution < -0.4 is 10.6 Å². The molecular weight excluding hydrogens is 272 g/mol. The van der Waals surface area contributed by atoms with Gasteiger partial charge in [0.15, 0.2) is 0 Å². The zero-order chi connectivity index (χ0) is 15.4. The number of aromatic nitrogens is 2. The van der Waals surface area contributed by atoms with E-state index < -0.39 is 0 Å². The van der Waals surface area contributed by atoms with Gasteiger partial charge in [-0.15, -0.1) is 0 Å². The van der Waals surface area contributed by atoms with Crippen molar-refractivity contribution in [3.8, 4) is 0 Å². The fourth-order valence-corrected chi connectivity index (χ4v) is 3.00. The Morgan fingerprint density at radius 1 is 1.09 bits per heavy atom. The Bertz CT molecular complexity index is 633. The maximum atomic E-state index is 4.60. The van der Waals surface area contributed by atoms with Crippen LogP contribution in [0.1, 0.15) is 42.5 Å². The molecule has 4 nitrogen and oxygen atoms in total. The highest BCUT2D eigenvalue weighted by atomic mass is 15.1. The number of hydrogen-bond acceptors (Lipinski definition) is 4. The molecule has 0 radical (unpaired) electrons. The fraction of sp³-hybridized carbons (Fsp3) is 0.444. The van der Waals surface area contributed by atoms with Gasteiger partial charge in [0.1, 0.15) is 5.82 Å². The number of rotatable bonds is 5. The summed E-state index contributed by atoms with van der Waals surface area (Å²) in [6, 6.07) is 11.1. The molecule has 116 valence electrons. The predicted octanol–water partition coefficient (Wildman–Crippen LogP) is 4.06. The molecule has 0 amide bonds. The van der Waals surface area contributed by atoms with Crippen molar-refractivity contribution in [2.75, 3.05) is 10.6 Å². The van der Waals surface area contributed by atoms with Crippen molar-refractivity contribution < 1.29 is 0 Å². The maximum Gasteiger partial charge on any atom is 0.225 e. The van der Waals surface area contributed by atoms with Crippen molar-refractivity contribution in [2.45, 2.75) is 52.1 Å². The molecular formula is C18H24N4. The minimum atomic E-state index is 0.568. The first-order valence-electron chi connectivity index (χ1n) is 8.11. The van der Waals surface area contributed by atoms with Crippen LogP contribution in [0.4, 0.5) is 11.8 Å². The molecule has 1 aromatic carbocycles. The normalized spacial score (nSPS) is 15.0. The topological polar surface area (TPSA) is 49.8 Å². The van der Waals surface area contributed by atoms with E-state index in [9.17, 15) is 0 Å². The quantitative estimate of drug-likeness (QED) is 0.873. The molecule has 0 saturated heterocycles. The van der Waals surface area contributed by atoms with Gasteiger partial charge in [0, 0.05) is 24.3 Å². The lowest BCUT2D eigenvalue weighted by atomic mass is 10.1. The van der Waals surface area contributed by atoms with Crippen molar-refractivity contribution in [3.63, 3.8) is 0 Å². The third kappa shape index (κ3) is 3.97. The number of aryl methyl sites for hydroxylation is 2. The molecule has 1 aromatic heterocycles. The molecule has 2 aromatic rings. The van der Waals surface area contributed by atoms with Crippen molar-refractivity contribution >= 4 is 11.8 Å². The van der Waals surface area contributed by atoms with Crippen LogP contribution in [-0.4, -0.2) is 16.0 Å². The Hall–Kier alpha value is -2.10. The van der Waals surface area contributed by atoms with E-state index in [0.29, 0.717) is 12.0 Å². The monoisotopic (exact) mass is 296 g/mol. The van der Waals surface area contributed by atoms with Crippen LogP contribution in [0.2, 0.25) is 0 Å². The third-order valence-corrected chi connectivity index (χ3v) is 4.09. The number of hydrogen-bond donors (Lipinski definition) is 2. The van der Waals surface area contributed by atoms with Crippen LogP contribution in [-0.2, 0) is 6.54 Å². The Morgan fingerprint density at radius 2 is 1.91 bits per heavy atom. The van der Waals surface area contributed by atoms with Gasteiger partial charge in [-0.2, -0.15) is 4.98 Å². The molecule has 1 heterocycles. The lowest BCUT2D eigenvalue weighted by Gasteiger charge is -2.14. The predicted molar refractivity (Wildman–Crippen MR) is 91.2 cm³/mol. The van der Waals surface area contributed by atoms with Crippen LogP contribution in [0.5, 0.6) is 0 Å². The van der Waals surface area contributed by atoms with Crippen LogP contribution >= 0.6 is 0 Å². The zero-order valence-electron chi connectivity index (χ0n) is 13.4.